The first-order valence-corrected chi connectivity index (χ1v) is 16.3. The lowest BCUT2D eigenvalue weighted by Gasteiger charge is -2.39. The molecule has 0 fully saturated rings. The number of allylic oxidation sites excluding steroid dienone is 2. The van der Waals surface area contributed by atoms with E-state index in [0.717, 1.165) is 49.9 Å². The minimum atomic E-state index is -1.18. The first-order chi connectivity index (χ1) is 20.0. The minimum Gasteiger partial charge on any atom is -0.872 e. The molecule has 7 heteroatoms. The molecule has 4 N–H and O–H groups in total. The van der Waals surface area contributed by atoms with Gasteiger partial charge in [0.1, 0.15) is 0 Å². The molecule has 7 nitrogen and oxygen atoms in total. The average Bonchev–Trinajstić information content (AvgIpc) is 2.98. The maximum Gasteiger partial charge on any atom is 0.335 e. The lowest BCUT2D eigenvalue weighted by atomic mass is 10.1. The number of quaternary nitrogens is 1. The Morgan fingerprint density at radius 2 is 1.07 bits per heavy atom. The fourth-order valence-electron chi connectivity index (χ4n) is 5.23. The van der Waals surface area contributed by atoms with E-state index < -0.39 is 11.7 Å². The van der Waals surface area contributed by atoms with Crippen molar-refractivity contribution >= 4 is 5.97 Å². The Morgan fingerprint density at radius 3 is 1.49 bits per heavy atom. The topological polar surface area (TPSA) is 121 Å². The van der Waals surface area contributed by atoms with Crippen molar-refractivity contribution in [2.75, 3.05) is 46.0 Å². The van der Waals surface area contributed by atoms with Gasteiger partial charge >= 0.3 is 5.97 Å². The highest BCUT2D eigenvalue weighted by molar-refractivity contribution is 5.90. The Labute approximate surface area is 250 Å². The number of hydrogen-bond donors (Lipinski definition) is 4. The van der Waals surface area contributed by atoms with E-state index in [9.17, 15) is 25.2 Å². The molecule has 0 amide bonds. The van der Waals surface area contributed by atoms with Crippen LogP contribution in [0.1, 0.15) is 126 Å². The van der Waals surface area contributed by atoms with Crippen LogP contribution in [0.25, 0.3) is 0 Å². The van der Waals surface area contributed by atoms with Gasteiger partial charge in [0, 0.05) is 39.1 Å². The Balaban J connectivity index is 0.00000133. The van der Waals surface area contributed by atoms with Crippen LogP contribution in [-0.2, 0) is 0 Å². The highest BCUT2D eigenvalue weighted by Gasteiger charge is 2.25. The van der Waals surface area contributed by atoms with Crippen LogP contribution in [-0.4, -0.2) is 76.9 Å². The van der Waals surface area contributed by atoms with Crippen molar-refractivity contribution in [3.05, 3.63) is 42.0 Å². The maximum absolute atomic E-state index is 10.7. The molecule has 0 saturated carbocycles. The van der Waals surface area contributed by atoms with Gasteiger partial charge in [-0.25, -0.2) is 4.79 Å². The summed E-state index contributed by atoms with van der Waals surface area (Å²) >= 11 is 0. The zero-order chi connectivity index (χ0) is 30.4. The SMILES string of the molecule is CCCCCCCC/C=C\CCCCCCCC[N+](CCCO)(CCCO)CCCO.O=C(O)c1ccccc1[O-]. The number of benzene rings is 1. The fraction of sp³-hybridized carbons (Fsp3) is 0.735. The largest absolute Gasteiger partial charge is 0.872 e. The van der Waals surface area contributed by atoms with Crippen LogP contribution in [0.2, 0.25) is 0 Å². The lowest BCUT2D eigenvalue weighted by molar-refractivity contribution is -0.929. The monoisotopic (exact) mass is 579 g/mol. The van der Waals surface area contributed by atoms with Crippen molar-refractivity contribution in [3.63, 3.8) is 0 Å². The second-order valence-electron chi connectivity index (χ2n) is 11.2. The number of nitrogens with zero attached hydrogens (tertiary/aromatic N) is 1. The number of rotatable bonds is 26. The van der Waals surface area contributed by atoms with Crippen molar-refractivity contribution in [1.82, 2.24) is 0 Å². The molecule has 0 saturated heterocycles. The summed E-state index contributed by atoms with van der Waals surface area (Å²) in [7, 11) is 0. The smallest absolute Gasteiger partial charge is 0.335 e. The molecule has 1 aromatic rings. The van der Waals surface area contributed by atoms with Gasteiger partial charge in [-0.1, -0.05) is 94.4 Å². The molecule has 0 spiro atoms. The molecule has 0 atom stereocenters. The number of para-hydroxylation sites is 1. The summed E-state index contributed by atoms with van der Waals surface area (Å²) in [4.78, 5) is 10.2. The van der Waals surface area contributed by atoms with Crippen LogP contribution < -0.4 is 5.11 Å². The molecule has 0 radical (unpaired) electrons. The van der Waals surface area contributed by atoms with Gasteiger partial charge in [-0.3, -0.25) is 0 Å². The summed E-state index contributed by atoms with van der Waals surface area (Å²) in [6.45, 7) is 6.95. The van der Waals surface area contributed by atoms with E-state index in [-0.39, 0.29) is 25.4 Å². The summed E-state index contributed by atoms with van der Waals surface area (Å²) in [5.41, 5.74) is -0.178. The van der Waals surface area contributed by atoms with Gasteiger partial charge in [0.15, 0.2) is 0 Å². The van der Waals surface area contributed by atoms with Crippen molar-refractivity contribution in [3.8, 4) is 5.75 Å². The third-order valence-corrected chi connectivity index (χ3v) is 7.63. The molecule has 41 heavy (non-hydrogen) atoms. The highest BCUT2D eigenvalue weighted by atomic mass is 16.4. The van der Waals surface area contributed by atoms with E-state index in [1.165, 1.54) is 114 Å². The first-order valence-electron chi connectivity index (χ1n) is 16.3. The number of carboxylic acids is 1. The Morgan fingerprint density at radius 1 is 0.659 bits per heavy atom. The maximum atomic E-state index is 10.7. The molecular weight excluding hydrogens is 518 g/mol. The van der Waals surface area contributed by atoms with Crippen LogP contribution in [0.15, 0.2) is 36.4 Å². The second-order valence-corrected chi connectivity index (χ2v) is 11.2. The third-order valence-electron chi connectivity index (χ3n) is 7.63. The van der Waals surface area contributed by atoms with Crippen LogP contribution in [0.3, 0.4) is 0 Å². The number of unbranched alkanes of at least 4 members (excludes halogenated alkanes) is 12. The van der Waals surface area contributed by atoms with E-state index in [1.54, 1.807) is 0 Å². The van der Waals surface area contributed by atoms with E-state index >= 15 is 0 Å². The predicted molar refractivity (Wildman–Crippen MR) is 167 cm³/mol. The van der Waals surface area contributed by atoms with Crippen LogP contribution in [0.4, 0.5) is 0 Å². The van der Waals surface area contributed by atoms with Gasteiger partial charge in [0.05, 0.1) is 31.7 Å². The molecule has 1 rings (SSSR count). The van der Waals surface area contributed by atoms with E-state index in [1.807, 2.05) is 0 Å². The summed E-state index contributed by atoms with van der Waals surface area (Å²) in [6, 6.07) is 5.54. The molecule has 0 aromatic heterocycles. The minimum absolute atomic E-state index is 0.178. The zero-order valence-electron chi connectivity index (χ0n) is 26.0. The fourth-order valence-corrected chi connectivity index (χ4v) is 5.23. The summed E-state index contributed by atoms with van der Waals surface area (Å²) < 4.78 is 0.949. The molecular formula is C34H61NO6. The number of carbonyl (C=O) groups is 1. The summed E-state index contributed by atoms with van der Waals surface area (Å²) in [6.07, 6.45) is 25.8. The molecule has 1 aromatic carbocycles. The average molecular weight is 580 g/mol. The van der Waals surface area contributed by atoms with Gasteiger partial charge < -0.3 is 30.0 Å². The van der Waals surface area contributed by atoms with E-state index in [4.69, 9.17) is 5.11 Å². The van der Waals surface area contributed by atoms with E-state index in [2.05, 4.69) is 19.1 Å². The Kier molecular flexibility index (Phi) is 26.9. The lowest BCUT2D eigenvalue weighted by Crippen LogP contribution is -2.51. The molecule has 0 heterocycles. The quantitative estimate of drug-likeness (QED) is 0.0569. The number of carboxylic acid groups (broad SMARTS) is 1. The molecule has 0 bridgehead atoms. The highest BCUT2D eigenvalue weighted by Crippen LogP contribution is 2.16. The second kappa shape index (κ2) is 28.2. The summed E-state index contributed by atoms with van der Waals surface area (Å²) in [5.74, 6) is -1.62. The number of hydrogen-bond acceptors (Lipinski definition) is 5. The van der Waals surface area contributed by atoms with Gasteiger partial charge in [0.25, 0.3) is 0 Å². The van der Waals surface area contributed by atoms with Gasteiger partial charge in [0.2, 0.25) is 0 Å². The normalized spacial score (nSPS) is 11.5. The zero-order valence-corrected chi connectivity index (χ0v) is 26.0. The van der Waals surface area contributed by atoms with Crippen LogP contribution >= 0.6 is 0 Å². The number of aliphatic hydroxyl groups is 3. The first kappa shape index (κ1) is 39.1. The van der Waals surface area contributed by atoms with Crippen molar-refractivity contribution in [2.45, 2.75) is 116 Å². The van der Waals surface area contributed by atoms with Gasteiger partial charge in [-0.05, 0) is 44.6 Å². The molecule has 0 unspecified atom stereocenters. The van der Waals surface area contributed by atoms with Gasteiger partial charge in [-0.15, -0.1) is 0 Å². The number of aromatic carboxylic acids is 1. The van der Waals surface area contributed by atoms with Crippen LogP contribution in [0, 0.1) is 0 Å². The predicted octanol–water partition coefficient (Wildman–Crippen LogP) is 6.45. The Hall–Kier alpha value is -1.93. The van der Waals surface area contributed by atoms with Crippen molar-refractivity contribution < 1.29 is 34.8 Å². The van der Waals surface area contributed by atoms with Crippen molar-refractivity contribution in [1.29, 1.82) is 0 Å². The van der Waals surface area contributed by atoms with Gasteiger partial charge in [-0.2, -0.15) is 0 Å². The standard InChI is InChI=1S/C27H56NO3.C7H6O3/c1-2-3-4-5-6-7-8-9-10-11-12-13-14-15-16-17-21-28(22-18-25-29,23-19-26-30)24-20-27-31;8-6-4-2-1-3-5(6)7(9)10/h9-10,29-31H,2-8,11-27H2,1H3;1-4,8H,(H,9,10)/q+1;/p-1/b10-9-;. The molecule has 0 aliphatic heterocycles. The van der Waals surface area contributed by atoms with Crippen LogP contribution in [0.5, 0.6) is 5.75 Å². The Bertz CT molecular complexity index is 733. The third kappa shape index (κ3) is 22.4. The molecule has 0 aliphatic rings. The molecule has 238 valence electrons. The summed E-state index contributed by atoms with van der Waals surface area (Å²) in [5, 5.41) is 46.9. The van der Waals surface area contributed by atoms with E-state index in [0.29, 0.717) is 0 Å². The number of aliphatic hydroxyl groups excluding tert-OH is 3. The van der Waals surface area contributed by atoms with Crippen molar-refractivity contribution in [2.24, 2.45) is 0 Å². The molecule has 0 aliphatic carbocycles.